The van der Waals surface area contributed by atoms with Crippen molar-refractivity contribution in [2.75, 3.05) is 24.3 Å². The number of amides is 2. The molecule has 0 unspecified atom stereocenters. The fourth-order valence-electron chi connectivity index (χ4n) is 4.64. The Morgan fingerprint density at radius 3 is 2.49 bits per heavy atom. The van der Waals surface area contributed by atoms with Gasteiger partial charge in [0.15, 0.2) is 11.0 Å². The SMILES string of the molecule is COc1ccc(C(C)C)c(N2CCCS/C2=N\C(=O)N/C=C/c2ccc(-c3ncn(-c4ccc(OC(F)(F)F)cc4)n3)cc2)c1. The van der Waals surface area contributed by atoms with E-state index in [1.807, 2.05) is 36.4 Å². The lowest BCUT2D eigenvalue weighted by Crippen LogP contribution is -2.36. The number of nitrogens with one attached hydrogen (secondary N) is 1. The number of amidine groups is 1. The number of ether oxygens (including phenoxy) is 2. The number of alkyl halides is 3. The van der Waals surface area contributed by atoms with E-state index in [1.54, 1.807) is 31.1 Å². The van der Waals surface area contributed by atoms with Crippen LogP contribution in [0, 0.1) is 0 Å². The van der Waals surface area contributed by atoms with Gasteiger partial charge in [-0.2, -0.15) is 4.99 Å². The Hall–Kier alpha value is -4.78. The number of methoxy groups -OCH3 is 1. The second kappa shape index (κ2) is 13.9. The maximum Gasteiger partial charge on any atom is 0.573 e. The number of hydrogen-bond acceptors (Lipinski definition) is 6. The molecule has 0 radical (unpaired) electrons. The Balaban J connectivity index is 1.21. The van der Waals surface area contributed by atoms with E-state index in [-0.39, 0.29) is 11.7 Å². The van der Waals surface area contributed by atoms with Crippen LogP contribution in [-0.2, 0) is 0 Å². The molecule has 2 amide bonds. The number of thioether (sulfide) groups is 1. The lowest BCUT2D eigenvalue weighted by Gasteiger charge is -2.32. The van der Waals surface area contributed by atoms with Crippen molar-refractivity contribution in [2.24, 2.45) is 4.99 Å². The van der Waals surface area contributed by atoms with Crippen LogP contribution >= 0.6 is 11.8 Å². The minimum atomic E-state index is -4.75. The molecule has 0 bridgehead atoms. The normalized spacial score (nSPS) is 14.7. The van der Waals surface area contributed by atoms with Crippen molar-refractivity contribution in [3.05, 3.63) is 90.4 Å². The van der Waals surface area contributed by atoms with E-state index in [9.17, 15) is 18.0 Å². The molecule has 4 aromatic rings. The Morgan fingerprint density at radius 2 is 1.80 bits per heavy atom. The zero-order valence-electron chi connectivity index (χ0n) is 24.8. The summed E-state index contributed by atoms with van der Waals surface area (Å²) in [5.41, 5.74) is 4.25. The van der Waals surface area contributed by atoms with Crippen molar-refractivity contribution in [2.45, 2.75) is 32.5 Å². The van der Waals surface area contributed by atoms with Crippen molar-refractivity contribution in [1.29, 1.82) is 0 Å². The Labute approximate surface area is 262 Å². The number of benzene rings is 3. The fraction of sp³-hybridized carbons (Fsp3) is 0.250. The second-order valence-corrected chi connectivity index (χ2v) is 11.3. The topological polar surface area (TPSA) is 93.9 Å². The van der Waals surface area contributed by atoms with Gasteiger partial charge in [0.05, 0.1) is 12.8 Å². The highest BCUT2D eigenvalue weighted by atomic mass is 32.2. The van der Waals surface area contributed by atoms with E-state index >= 15 is 0 Å². The van der Waals surface area contributed by atoms with Crippen molar-refractivity contribution in [3.8, 4) is 28.6 Å². The predicted molar refractivity (Wildman–Crippen MR) is 170 cm³/mol. The van der Waals surface area contributed by atoms with Crippen LogP contribution in [0.1, 0.15) is 37.3 Å². The number of urea groups is 1. The van der Waals surface area contributed by atoms with Crippen LogP contribution in [0.2, 0.25) is 0 Å². The van der Waals surface area contributed by atoms with Gasteiger partial charge in [-0.3, -0.25) is 0 Å². The first-order valence-corrected chi connectivity index (χ1v) is 15.1. The van der Waals surface area contributed by atoms with Crippen LogP contribution in [0.5, 0.6) is 11.5 Å². The van der Waals surface area contributed by atoms with Crippen LogP contribution in [0.15, 0.2) is 84.2 Å². The molecule has 1 aliphatic heterocycles. The maximum atomic E-state index is 12.8. The van der Waals surface area contributed by atoms with Crippen molar-refractivity contribution >= 4 is 34.7 Å². The predicted octanol–water partition coefficient (Wildman–Crippen LogP) is 7.64. The summed E-state index contributed by atoms with van der Waals surface area (Å²) in [5, 5.41) is 7.78. The first-order chi connectivity index (χ1) is 21.6. The minimum Gasteiger partial charge on any atom is -0.497 e. The van der Waals surface area contributed by atoms with E-state index in [2.05, 4.69) is 49.9 Å². The molecule has 234 valence electrons. The molecule has 0 aliphatic carbocycles. The van der Waals surface area contributed by atoms with Crippen LogP contribution < -0.4 is 19.7 Å². The second-order valence-electron chi connectivity index (χ2n) is 10.3. The van der Waals surface area contributed by atoms with Crippen LogP contribution in [0.3, 0.4) is 0 Å². The molecule has 45 heavy (non-hydrogen) atoms. The minimum absolute atomic E-state index is 0.288. The largest absolute Gasteiger partial charge is 0.573 e. The molecule has 5 rings (SSSR count). The van der Waals surface area contributed by atoms with Gasteiger partial charge < -0.3 is 19.7 Å². The number of carbonyl (C=O) groups is 1. The summed E-state index contributed by atoms with van der Waals surface area (Å²) in [6, 6.07) is 18.2. The van der Waals surface area contributed by atoms with Crippen molar-refractivity contribution in [3.63, 3.8) is 0 Å². The molecule has 0 saturated carbocycles. The molecule has 0 atom stereocenters. The van der Waals surface area contributed by atoms with Crippen LogP contribution in [0.25, 0.3) is 23.2 Å². The number of hydrogen-bond donors (Lipinski definition) is 1. The number of aromatic nitrogens is 3. The standard InChI is InChI=1S/C32H31F3N6O3S/c1-21(2)27-14-13-26(43-3)19-28(27)40-17-4-18-45-31(40)38-30(42)36-16-15-22-5-7-23(8-6-22)29-37-20-41(39-29)24-9-11-25(12-10-24)44-32(33,34)35/h5-16,19-21H,4,17-18H2,1-3H3,(H,36,42)/b16-15+,38-31-. The van der Waals surface area contributed by atoms with Gasteiger partial charge in [0.1, 0.15) is 17.8 Å². The molecule has 3 aromatic carbocycles. The van der Waals surface area contributed by atoms with Crippen molar-refractivity contribution in [1.82, 2.24) is 20.1 Å². The average Bonchev–Trinajstić information content (AvgIpc) is 3.51. The van der Waals surface area contributed by atoms with Crippen molar-refractivity contribution < 1.29 is 27.4 Å². The summed E-state index contributed by atoms with van der Waals surface area (Å²) in [6.45, 7) is 5.02. The van der Waals surface area contributed by atoms with Crippen LogP contribution in [-0.4, -0.2) is 51.7 Å². The summed E-state index contributed by atoms with van der Waals surface area (Å²) in [7, 11) is 1.64. The monoisotopic (exact) mass is 636 g/mol. The molecule has 13 heteroatoms. The number of rotatable bonds is 8. The van der Waals surface area contributed by atoms with Gasteiger partial charge in [0.2, 0.25) is 0 Å². The van der Waals surface area contributed by atoms with Gasteiger partial charge in [0.25, 0.3) is 0 Å². The molecule has 0 spiro atoms. The highest BCUT2D eigenvalue weighted by molar-refractivity contribution is 8.14. The molecule has 1 aliphatic rings. The summed E-state index contributed by atoms with van der Waals surface area (Å²) >= 11 is 1.55. The first-order valence-electron chi connectivity index (χ1n) is 14.1. The Bertz CT molecular complexity index is 1690. The van der Waals surface area contributed by atoms with E-state index < -0.39 is 12.4 Å². The van der Waals surface area contributed by atoms with E-state index in [0.717, 1.165) is 46.8 Å². The number of nitrogens with zero attached hydrogens (tertiary/aromatic N) is 5. The highest BCUT2D eigenvalue weighted by Crippen LogP contribution is 2.35. The highest BCUT2D eigenvalue weighted by Gasteiger charge is 2.31. The molecule has 2 heterocycles. The van der Waals surface area contributed by atoms with Gasteiger partial charge in [-0.05, 0) is 59.9 Å². The number of aliphatic imine (C=N–C) groups is 1. The quantitative estimate of drug-likeness (QED) is 0.212. The van der Waals surface area contributed by atoms with Gasteiger partial charge in [-0.15, -0.1) is 18.3 Å². The lowest BCUT2D eigenvalue weighted by atomic mass is 10.00. The third-order valence-corrected chi connectivity index (χ3v) is 7.88. The summed E-state index contributed by atoms with van der Waals surface area (Å²) < 4.78 is 48.1. The molecular weight excluding hydrogens is 605 g/mol. The molecule has 1 fully saturated rings. The fourth-order valence-corrected chi connectivity index (χ4v) is 5.59. The maximum absolute atomic E-state index is 12.8. The molecule has 1 aromatic heterocycles. The molecule has 1 saturated heterocycles. The van der Waals surface area contributed by atoms with E-state index in [1.165, 1.54) is 35.3 Å². The zero-order chi connectivity index (χ0) is 32.0. The smallest absolute Gasteiger partial charge is 0.497 e. The van der Waals surface area contributed by atoms with Gasteiger partial charge in [-0.1, -0.05) is 55.9 Å². The number of anilines is 1. The average molecular weight is 637 g/mol. The zero-order valence-corrected chi connectivity index (χ0v) is 25.6. The first kappa shape index (κ1) is 31.6. The number of halogens is 3. The van der Waals surface area contributed by atoms with Gasteiger partial charge in [-0.25, -0.2) is 14.5 Å². The molecule has 1 N–H and O–H groups in total. The van der Waals surface area contributed by atoms with Gasteiger partial charge in [0, 0.05) is 35.8 Å². The summed E-state index contributed by atoms with van der Waals surface area (Å²) in [4.78, 5) is 23.5. The Kier molecular flexibility index (Phi) is 9.77. The summed E-state index contributed by atoms with van der Waals surface area (Å²) in [6.07, 6.45) is 0.991. The molecule has 9 nitrogen and oxygen atoms in total. The Morgan fingerprint density at radius 1 is 1.07 bits per heavy atom. The number of carbonyl (C=O) groups excluding carboxylic acids is 1. The van der Waals surface area contributed by atoms with Crippen LogP contribution in [0.4, 0.5) is 23.7 Å². The summed E-state index contributed by atoms with van der Waals surface area (Å²) in [5.74, 6) is 2.04. The molecular formula is C32H31F3N6O3S. The third-order valence-electron chi connectivity index (χ3n) is 6.81. The van der Waals surface area contributed by atoms with E-state index in [4.69, 9.17) is 4.74 Å². The lowest BCUT2D eigenvalue weighted by molar-refractivity contribution is -0.274. The third kappa shape index (κ3) is 8.24. The van der Waals surface area contributed by atoms with E-state index in [0.29, 0.717) is 16.7 Å². The van der Waals surface area contributed by atoms with Gasteiger partial charge >= 0.3 is 12.4 Å².